The van der Waals surface area contributed by atoms with Crippen LogP contribution >= 0.6 is 0 Å². The molecule has 1 aromatic carbocycles. The van der Waals surface area contributed by atoms with Crippen LogP contribution in [-0.2, 0) is 0 Å². The third-order valence-electron chi connectivity index (χ3n) is 3.06. The summed E-state index contributed by atoms with van der Waals surface area (Å²) in [5, 5.41) is 0. The molecule has 3 rings (SSSR count). The molecular formula is C12H15N3. The number of aryl methyl sites for hydroxylation is 1. The van der Waals surface area contributed by atoms with Crippen molar-refractivity contribution >= 4 is 16.7 Å². The smallest absolute Gasteiger partial charge is 0.104 e. The molecule has 2 aromatic rings. The van der Waals surface area contributed by atoms with E-state index in [2.05, 4.69) is 33.1 Å². The maximum absolute atomic E-state index is 4.41. The van der Waals surface area contributed by atoms with Gasteiger partial charge in [-0.15, -0.1) is 0 Å². The molecule has 15 heavy (non-hydrogen) atoms. The summed E-state index contributed by atoms with van der Waals surface area (Å²) in [6.45, 7) is 4.38. The molecule has 1 saturated heterocycles. The van der Waals surface area contributed by atoms with Crippen LogP contribution < -0.4 is 4.90 Å². The van der Waals surface area contributed by atoms with Crippen LogP contribution in [0, 0.1) is 6.92 Å². The lowest BCUT2D eigenvalue weighted by atomic mass is 10.2. The van der Waals surface area contributed by atoms with Crippen molar-refractivity contribution in [3.05, 3.63) is 24.0 Å². The molecule has 1 aliphatic rings. The summed E-state index contributed by atoms with van der Waals surface area (Å²) in [4.78, 5) is 10.1. The number of imidazole rings is 1. The van der Waals surface area contributed by atoms with E-state index in [4.69, 9.17) is 0 Å². The third-order valence-corrected chi connectivity index (χ3v) is 3.06. The maximum Gasteiger partial charge on any atom is 0.104 e. The maximum atomic E-state index is 4.41. The Balaban J connectivity index is 2.04. The normalized spacial score (nSPS) is 16.5. The standard InChI is InChI=1S/C12H15N3/c1-9-13-11-5-4-10(8-12(11)14-9)15-6-2-3-7-15/h4-5,8H,2-3,6-7H2,1H3,(H,13,14). The molecule has 3 heteroatoms. The largest absolute Gasteiger partial charge is 0.371 e. The Morgan fingerprint density at radius 1 is 1.27 bits per heavy atom. The van der Waals surface area contributed by atoms with Crippen LogP contribution in [0.4, 0.5) is 5.69 Å². The summed E-state index contributed by atoms with van der Waals surface area (Å²) in [7, 11) is 0. The number of aromatic nitrogens is 2. The molecule has 0 radical (unpaired) electrons. The first-order valence-electron chi connectivity index (χ1n) is 5.54. The molecule has 0 unspecified atom stereocenters. The second-order valence-corrected chi connectivity index (χ2v) is 4.22. The van der Waals surface area contributed by atoms with E-state index in [0.29, 0.717) is 0 Å². The summed E-state index contributed by atoms with van der Waals surface area (Å²) in [6.07, 6.45) is 2.64. The number of rotatable bonds is 1. The van der Waals surface area contributed by atoms with Crippen molar-refractivity contribution in [2.75, 3.05) is 18.0 Å². The van der Waals surface area contributed by atoms with Gasteiger partial charge in [-0.05, 0) is 38.0 Å². The highest BCUT2D eigenvalue weighted by Gasteiger charge is 2.12. The van der Waals surface area contributed by atoms with Crippen LogP contribution in [0.2, 0.25) is 0 Å². The Hall–Kier alpha value is -1.51. The van der Waals surface area contributed by atoms with E-state index < -0.39 is 0 Å². The van der Waals surface area contributed by atoms with Gasteiger partial charge < -0.3 is 9.88 Å². The van der Waals surface area contributed by atoms with Gasteiger partial charge in [0.15, 0.2) is 0 Å². The average molecular weight is 201 g/mol. The Kier molecular flexibility index (Phi) is 1.91. The summed E-state index contributed by atoms with van der Waals surface area (Å²) in [5.74, 6) is 0.989. The number of hydrogen-bond acceptors (Lipinski definition) is 2. The summed E-state index contributed by atoms with van der Waals surface area (Å²) in [5.41, 5.74) is 3.54. The fraction of sp³-hybridized carbons (Fsp3) is 0.417. The van der Waals surface area contributed by atoms with E-state index in [-0.39, 0.29) is 0 Å². The predicted octanol–water partition coefficient (Wildman–Crippen LogP) is 2.47. The Morgan fingerprint density at radius 2 is 2.07 bits per heavy atom. The van der Waals surface area contributed by atoms with Crippen molar-refractivity contribution in [2.24, 2.45) is 0 Å². The van der Waals surface area contributed by atoms with E-state index in [0.717, 1.165) is 16.9 Å². The highest BCUT2D eigenvalue weighted by atomic mass is 15.1. The molecule has 78 valence electrons. The van der Waals surface area contributed by atoms with Gasteiger partial charge in [0.25, 0.3) is 0 Å². The molecule has 1 aliphatic heterocycles. The zero-order chi connectivity index (χ0) is 10.3. The van der Waals surface area contributed by atoms with Gasteiger partial charge in [0.05, 0.1) is 11.0 Å². The van der Waals surface area contributed by atoms with Crippen molar-refractivity contribution in [3.8, 4) is 0 Å². The lowest BCUT2D eigenvalue weighted by Crippen LogP contribution is -2.17. The second kappa shape index (κ2) is 3.26. The molecule has 0 saturated carbocycles. The average Bonchev–Trinajstić information content (AvgIpc) is 2.82. The third kappa shape index (κ3) is 1.48. The summed E-state index contributed by atoms with van der Waals surface area (Å²) in [6, 6.07) is 6.49. The highest BCUT2D eigenvalue weighted by Crippen LogP contribution is 2.23. The van der Waals surface area contributed by atoms with E-state index in [1.807, 2.05) is 6.92 Å². The molecule has 0 aliphatic carbocycles. The summed E-state index contributed by atoms with van der Waals surface area (Å²) >= 11 is 0. The quantitative estimate of drug-likeness (QED) is 0.768. The molecule has 1 N–H and O–H groups in total. The van der Waals surface area contributed by atoms with Gasteiger partial charge in [-0.1, -0.05) is 0 Å². The number of aromatic amines is 1. The topological polar surface area (TPSA) is 31.9 Å². The Bertz CT molecular complexity index is 481. The van der Waals surface area contributed by atoms with Crippen molar-refractivity contribution in [1.29, 1.82) is 0 Å². The first-order chi connectivity index (χ1) is 7.33. The van der Waals surface area contributed by atoms with Crippen molar-refractivity contribution in [3.63, 3.8) is 0 Å². The lowest BCUT2D eigenvalue weighted by Gasteiger charge is -2.17. The van der Waals surface area contributed by atoms with Crippen LogP contribution in [0.1, 0.15) is 18.7 Å². The van der Waals surface area contributed by atoms with Gasteiger partial charge in [0.2, 0.25) is 0 Å². The minimum absolute atomic E-state index is 0.989. The van der Waals surface area contributed by atoms with E-state index in [1.54, 1.807) is 0 Å². The van der Waals surface area contributed by atoms with Crippen LogP contribution in [0.25, 0.3) is 11.0 Å². The molecule has 0 atom stereocenters. The van der Waals surface area contributed by atoms with Crippen molar-refractivity contribution < 1.29 is 0 Å². The van der Waals surface area contributed by atoms with E-state index in [9.17, 15) is 0 Å². The first kappa shape index (κ1) is 8.77. The highest BCUT2D eigenvalue weighted by molar-refractivity contribution is 5.79. The monoisotopic (exact) mass is 201 g/mol. The first-order valence-corrected chi connectivity index (χ1v) is 5.54. The van der Waals surface area contributed by atoms with Gasteiger partial charge in [-0.3, -0.25) is 0 Å². The number of hydrogen-bond donors (Lipinski definition) is 1. The summed E-state index contributed by atoms with van der Waals surface area (Å²) < 4.78 is 0. The second-order valence-electron chi connectivity index (χ2n) is 4.22. The Labute approximate surface area is 89.1 Å². The van der Waals surface area contributed by atoms with Crippen LogP contribution in [0.5, 0.6) is 0 Å². The molecule has 1 aromatic heterocycles. The van der Waals surface area contributed by atoms with Crippen LogP contribution in [-0.4, -0.2) is 23.1 Å². The van der Waals surface area contributed by atoms with Crippen molar-refractivity contribution in [1.82, 2.24) is 9.97 Å². The number of nitrogens with zero attached hydrogens (tertiary/aromatic N) is 2. The van der Waals surface area contributed by atoms with E-state index in [1.165, 1.54) is 31.6 Å². The molecular weight excluding hydrogens is 186 g/mol. The van der Waals surface area contributed by atoms with E-state index >= 15 is 0 Å². The van der Waals surface area contributed by atoms with Gasteiger partial charge in [0, 0.05) is 18.8 Å². The number of H-pyrrole nitrogens is 1. The van der Waals surface area contributed by atoms with Gasteiger partial charge in [-0.25, -0.2) is 4.98 Å². The van der Waals surface area contributed by atoms with Crippen LogP contribution in [0.15, 0.2) is 18.2 Å². The number of anilines is 1. The molecule has 2 heterocycles. The molecule has 0 amide bonds. The molecule has 0 bridgehead atoms. The minimum Gasteiger partial charge on any atom is -0.371 e. The fourth-order valence-corrected chi connectivity index (χ4v) is 2.30. The van der Waals surface area contributed by atoms with Gasteiger partial charge in [-0.2, -0.15) is 0 Å². The SMILES string of the molecule is Cc1nc2ccc(N3CCCC3)cc2[nH]1. The molecule has 0 spiro atoms. The number of fused-ring (bicyclic) bond motifs is 1. The minimum atomic E-state index is 0.989. The van der Waals surface area contributed by atoms with Gasteiger partial charge in [0.1, 0.15) is 5.82 Å². The predicted molar refractivity (Wildman–Crippen MR) is 62.3 cm³/mol. The Morgan fingerprint density at radius 3 is 2.87 bits per heavy atom. The molecule has 1 fully saturated rings. The number of benzene rings is 1. The fourth-order valence-electron chi connectivity index (χ4n) is 2.30. The molecule has 3 nitrogen and oxygen atoms in total. The number of nitrogens with one attached hydrogen (secondary N) is 1. The lowest BCUT2D eigenvalue weighted by molar-refractivity contribution is 0.949. The van der Waals surface area contributed by atoms with Gasteiger partial charge >= 0.3 is 0 Å². The zero-order valence-electron chi connectivity index (χ0n) is 8.95. The van der Waals surface area contributed by atoms with Crippen LogP contribution in [0.3, 0.4) is 0 Å². The van der Waals surface area contributed by atoms with Crippen molar-refractivity contribution in [2.45, 2.75) is 19.8 Å². The zero-order valence-corrected chi connectivity index (χ0v) is 8.95.